The molecule has 0 radical (unpaired) electrons. The van der Waals surface area contributed by atoms with Crippen LogP contribution in [0.3, 0.4) is 0 Å². The first kappa shape index (κ1) is 21.5. The number of carbonyl (C=O) groups excluding carboxylic acids is 1. The Morgan fingerprint density at radius 1 is 1.16 bits per heavy atom. The lowest BCUT2D eigenvalue weighted by Crippen LogP contribution is -2.37. The lowest BCUT2D eigenvalue weighted by Gasteiger charge is -2.26. The summed E-state index contributed by atoms with van der Waals surface area (Å²) >= 11 is 5.88. The first-order chi connectivity index (χ1) is 14.8. The zero-order valence-electron chi connectivity index (χ0n) is 16.7. The number of hydrogen-bond donors (Lipinski definition) is 1. The number of aryl methyl sites for hydroxylation is 1. The Labute approximate surface area is 184 Å². The van der Waals surface area contributed by atoms with Crippen molar-refractivity contribution in [1.29, 1.82) is 0 Å². The molecule has 4 rings (SSSR count). The van der Waals surface area contributed by atoms with Crippen molar-refractivity contribution < 1.29 is 17.6 Å². The highest BCUT2D eigenvalue weighted by Gasteiger charge is 2.33. The predicted octanol–water partition coefficient (Wildman–Crippen LogP) is 2.89. The minimum absolute atomic E-state index is 0.00924. The molecule has 2 aromatic carbocycles. The van der Waals surface area contributed by atoms with Gasteiger partial charge in [0, 0.05) is 49.4 Å². The topological polar surface area (TPSA) is 84.3 Å². The largest absolute Gasteiger partial charge is 0.347 e. The molecule has 1 aromatic heterocycles. The fourth-order valence-corrected chi connectivity index (χ4v) is 5.11. The molecule has 0 saturated heterocycles. The Kier molecular flexibility index (Phi) is 5.83. The summed E-state index contributed by atoms with van der Waals surface area (Å²) in [7, 11) is -2.09. The maximum absolute atomic E-state index is 13.2. The van der Waals surface area contributed by atoms with E-state index in [1.165, 1.54) is 16.4 Å². The summed E-state index contributed by atoms with van der Waals surface area (Å²) in [6, 6.07) is 11.8. The molecule has 162 valence electrons. The highest BCUT2D eigenvalue weighted by atomic mass is 35.5. The number of sulfonamides is 1. The van der Waals surface area contributed by atoms with Crippen molar-refractivity contribution in [3.63, 3.8) is 0 Å². The maximum Gasteiger partial charge on any atom is 0.272 e. The second kappa shape index (κ2) is 8.41. The number of carbonyl (C=O) groups is 1. The van der Waals surface area contributed by atoms with E-state index < -0.39 is 15.8 Å². The molecule has 0 saturated carbocycles. The zero-order chi connectivity index (χ0) is 22.2. The van der Waals surface area contributed by atoms with Crippen LogP contribution in [0.1, 0.15) is 27.3 Å². The van der Waals surface area contributed by atoms with Crippen molar-refractivity contribution in [2.45, 2.75) is 24.4 Å². The molecule has 31 heavy (non-hydrogen) atoms. The summed E-state index contributed by atoms with van der Waals surface area (Å²) in [5.74, 6) is -0.889. The quantitative estimate of drug-likeness (QED) is 0.632. The smallest absolute Gasteiger partial charge is 0.272 e. The first-order valence-electron chi connectivity index (χ1n) is 9.59. The van der Waals surface area contributed by atoms with Crippen molar-refractivity contribution in [1.82, 2.24) is 19.4 Å². The summed E-state index contributed by atoms with van der Waals surface area (Å²) in [6.45, 7) is 0.559. The third-order valence-corrected chi connectivity index (χ3v) is 7.35. The van der Waals surface area contributed by atoms with Crippen LogP contribution in [0.4, 0.5) is 4.39 Å². The summed E-state index contributed by atoms with van der Waals surface area (Å²) in [6.07, 6.45) is 0.420. The number of aromatic nitrogens is 2. The van der Waals surface area contributed by atoms with Gasteiger partial charge < -0.3 is 5.32 Å². The number of rotatable bonds is 5. The molecule has 10 heteroatoms. The SMILES string of the molecule is Cn1nc(C(=O)NCc2ccc(Cl)cc2)c2c1CCN(S(=O)(=O)c1ccc(F)cc1)C2. The average molecular weight is 463 g/mol. The highest BCUT2D eigenvalue weighted by molar-refractivity contribution is 7.89. The van der Waals surface area contributed by atoms with Gasteiger partial charge in [0.25, 0.3) is 5.91 Å². The second-order valence-electron chi connectivity index (χ2n) is 7.25. The van der Waals surface area contributed by atoms with E-state index in [1.54, 1.807) is 23.9 Å². The number of nitrogens with zero attached hydrogens (tertiary/aromatic N) is 3. The van der Waals surface area contributed by atoms with Crippen LogP contribution in [0.2, 0.25) is 5.02 Å². The van der Waals surface area contributed by atoms with Gasteiger partial charge in [0.15, 0.2) is 5.69 Å². The lowest BCUT2D eigenvalue weighted by atomic mass is 10.1. The Hall–Kier alpha value is -2.75. The van der Waals surface area contributed by atoms with Crippen molar-refractivity contribution >= 4 is 27.5 Å². The van der Waals surface area contributed by atoms with Gasteiger partial charge in [-0.25, -0.2) is 12.8 Å². The van der Waals surface area contributed by atoms with Crippen LogP contribution in [-0.4, -0.2) is 35.0 Å². The van der Waals surface area contributed by atoms with E-state index in [4.69, 9.17) is 11.6 Å². The van der Waals surface area contributed by atoms with Crippen molar-refractivity contribution in [3.8, 4) is 0 Å². The van der Waals surface area contributed by atoms with Crippen LogP contribution in [0.25, 0.3) is 0 Å². The van der Waals surface area contributed by atoms with E-state index in [1.807, 2.05) is 12.1 Å². The zero-order valence-corrected chi connectivity index (χ0v) is 18.3. The van der Waals surface area contributed by atoms with E-state index in [-0.39, 0.29) is 29.6 Å². The van der Waals surface area contributed by atoms with Crippen molar-refractivity contribution in [3.05, 3.63) is 81.9 Å². The first-order valence-corrected chi connectivity index (χ1v) is 11.4. The number of nitrogens with one attached hydrogen (secondary N) is 1. The minimum Gasteiger partial charge on any atom is -0.347 e. The van der Waals surface area contributed by atoms with Gasteiger partial charge in [0.2, 0.25) is 10.0 Å². The Balaban J connectivity index is 1.55. The summed E-state index contributed by atoms with van der Waals surface area (Å²) in [5.41, 5.74) is 2.48. The van der Waals surface area contributed by atoms with Gasteiger partial charge in [-0.05, 0) is 42.0 Å². The molecule has 1 amide bonds. The van der Waals surface area contributed by atoms with Gasteiger partial charge in [-0.1, -0.05) is 23.7 Å². The maximum atomic E-state index is 13.2. The van der Waals surface area contributed by atoms with E-state index in [9.17, 15) is 17.6 Å². The van der Waals surface area contributed by atoms with Crippen LogP contribution < -0.4 is 5.32 Å². The summed E-state index contributed by atoms with van der Waals surface area (Å²) in [4.78, 5) is 12.8. The Morgan fingerprint density at radius 3 is 2.52 bits per heavy atom. The van der Waals surface area contributed by atoms with Crippen LogP contribution in [-0.2, 0) is 36.6 Å². The fourth-order valence-electron chi connectivity index (χ4n) is 3.58. The molecule has 0 atom stereocenters. The predicted molar refractivity (Wildman–Crippen MR) is 114 cm³/mol. The second-order valence-corrected chi connectivity index (χ2v) is 9.62. The van der Waals surface area contributed by atoms with E-state index >= 15 is 0 Å². The highest BCUT2D eigenvalue weighted by Crippen LogP contribution is 2.27. The van der Waals surface area contributed by atoms with Crippen LogP contribution in [0.15, 0.2) is 53.4 Å². The third-order valence-electron chi connectivity index (χ3n) is 5.24. The molecule has 0 aliphatic carbocycles. The van der Waals surface area contributed by atoms with E-state index in [2.05, 4.69) is 10.4 Å². The van der Waals surface area contributed by atoms with Crippen molar-refractivity contribution in [2.75, 3.05) is 6.54 Å². The molecule has 0 spiro atoms. The van der Waals surface area contributed by atoms with E-state index in [0.717, 1.165) is 23.4 Å². The van der Waals surface area contributed by atoms with Gasteiger partial charge in [-0.3, -0.25) is 9.48 Å². The number of fused-ring (bicyclic) bond motifs is 1. The molecule has 0 unspecified atom stereocenters. The minimum atomic E-state index is -3.83. The molecule has 1 aliphatic heterocycles. The number of halogens is 2. The molecule has 1 N–H and O–H groups in total. The molecular weight excluding hydrogens is 443 g/mol. The summed E-state index contributed by atoms with van der Waals surface area (Å²) < 4.78 is 42.1. The Morgan fingerprint density at radius 2 is 1.84 bits per heavy atom. The van der Waals surface area contributed by atoms with Gasteiger partial charge in [0.1, 0.15) is 5.82 Å². The van der Waals surface area contributed by atoms with Gasteiger partial charge >= 0.3 is 0 Å². The van der Waals surface area contributed by atoms with Crippen LogP contribution in [0, 0.1) is 5.82 Å². The summed E-state index contributed by atoms with van der Waals surface area (Å²) in [5, 5.41) is 7.76. The molecule has 3 aromatic rings. The average Bonchev–Trinajstić information content (AvgIpc) is 3.09. The molecule has 0 bridgehead atoms. The van der Waals surface area contributed by atoms with Gasteiger partial charge in [-0.15, -0.1) is 0 Å². The standard InChI is InChI=1S/C21H20ClFN4O3S/c1-26-19-10-11-27(31(29,30)17-8-6-16(23)7-9-17)13-18(19)20(25-26)21(28)24-12-14-2-4-15(22)5-3-14/h2-9H,10-13H2,1H3,(H,24,28). The number of amides is 1. The van der Waals surface area contributed by atoms with Crippen molar-refractivity contribution in [2.24, 2.45) is 7.05 Å². The van der Waals surface area contributed by atoms with Crippen LogP contribution in [0.5, 0.6) is 0 Å². The van der Waals surface area contributed by atoms with Crippen LogP contribution >= 0.6 is 11.6 Å². The molecule has 1 aliphatic rings. The Bertz CT molecular complexity index is 1220. The molecular formula is C21H20ClFN4O3S. The lowest BCUT2D eigenvalue weighted by molar-refractivity contribution is 0.0943. The molecule has 2 heterocycles. The number of benzene rings is 2. The van der Waals surface area contributed by atoms with E-state index in [0.29, 0.717) is 23.6 Å². The third kappa shape index (κ3) is 4.34. The molecule has 0 fully saturated rings. The normalized spacial score (nSPS) is 14.3. The fraction of sp³-hybridized carbons (Fsp3) is 0.238. The monoisotopic (exact) mass is 462 g/mol. The van der Waals surface area contributed by atoms with Gasteiger partial charge in [-0.2, -0.15) is 9.40 Å². The molecule has 7 nitrogen and oxygen atoms in total. The van der Waals surface area contributed by atoms with Gasteiger partial charge in [0.05, 0.1) is 4.90 Å². The number of hydrogen-bond acceptors (Lipinski definition) is 4.